The fraction of sp³-hybridized carbons (Fsp3) is 0.727. The van der Waals surface area contributed by atoms with E-state index in [4.69, 9.17) is 14.6 Å². The van der Waals surface area contributed by atoms with Gasteiger partial charge in [0.1, 0.15) is 12.1 Å². The molecule has 0 spiro atoms. The van der Waals surface area contributed by atoms with Crippen LogP contribution in [0.4, 0.5) is 4.79 Å². The Bertz CT molecular complexity index is 320. The van der Waals surface area contributed by atoms with Crippen LogP contribution in [-0.4, -0.2) is 55.5 Å². The van der Waals surface area contributed by atoms with Crippen LogP contribution in [0, 0.1) is 0 Å². The molecule has 3 N–H and O–H groups in total. The van der Waals surface area contributed by atoms with E-state index in [1.54, 1.807) is 6.92 Å². The molecule has 0 aromatic carbocycles. The number of nitrogens with one attached hydrogen (secondary N) is 2. The van der Waals surface area contributed by atoms with E-state index in [1.165, 1.54) is 14.0 Å². The molecule has 2 amide bonds. The highest BCUT2D eigenvalue weighted by Gasteiger charge is 2.22. The lowest BCUT2D eigenvalue weighted by Gasteiger charge is -2.17. The number of amides is 2. The first-order valence-corrected chi connectivity index (χ1v) is 5.87. The van der Waals surface area contributed by atoms with Gasteiger partial charge in [0, 0.05) is 20.1 Å². The van der Waals surface area contributed by atoms with Gasteiger partial charge in [0.25, 0.3) is 0 Å². The van der Waals surface area contributed by atoms with Gasteiger partial charge in [-0.3, -0.25) is 0 Å². The Morgan fingerprint density at radius 3 is 2.37 bits per heavy atom. The van der Waals surface area contributed by atoms with Crippen LogP contribution >= 0.6 is 0 Å². The SMILES string of the molecule is CCOC(=O)C(C)NC(=O)NC(CCOC)C(=O)O. The third-order valence-electron chi connectivity index (χ3n) is 2.20. The quantitative estimate of drug-likeness (QED) is 0.526. The number of carbonyl (C=O) groups is 3. The van der Waals surface area contributed by atoms with Crippen LogP contribution in [0.1, 0.15) is 20.3 Å². The van der Waals surface area contributed by atoms with E-state index in [1.807, 2.05) is 0 Å². The highest BCUT2D eigenvalue weighted by atomic mass is 16.5. The summed E-state index contributed by atoms with van der Waals surface area (Å²) in [5.74, 6) is -1.75. The Kier molecular flexibility index (Phi) is 8.27. The molecule has 0 aliphatic carbocycles. The van der Waals surface area contributed by atoms with Crippen molar-refractivity contribution in [1.82, 2.24) is 10.6 Å². The normalized spacial score (nSPS) is 13.2. The maximum atomic E-state index is 11.5. The molecule has 0 aromatic heterocycles. The first-order chi connectivity index (χ1) is 8.92. The standard InChI is InChI=1S/C11H20N2O6/c1-4-19-10(16)7(2)12-11(17)13-8(9(14)15)5-6-18-3/h7-8H,4-6H2,1-3H3,(H,14,15)(H2,12,13,17). The number of rotatable bonds is 8. The minimum atomic E-state index is -1.17. The summed E-state index contributed by atoms with van der Waals surface area (Å²) in [6, 6.07) is -2.67. The van der Waals surface area contributed by atoms with Crippen LogP contribution in [0.5, 0.6) is 0 Å². The Balaban J connectivity index is 4.25. The summed E-state index contributed by atoms with van der Waals surface area (Å²) in [4.78, 5) is 33.6. The lowest BCUT2D eigenvalue weighted by atomic mass is 10.2. The smallest absolute Gasteiger partial charge is 0.328 e. The molecule has 19 heavy (non-hydrogen) atoms. The van der Waals surface area contributed by atoms with Crippen molar-refractivity contribution in [3.63, 3.8) is 0 Å². The van der Waals surface area contributed by atoms with E-state index in [2.05, 4.69) is 10.6 Å². The van der Waals surface area contributed by atoms with Crippen molar-refractivity contribution in [3.8, 4) is 0 Å². The monoisotopic (exact) mass is 276 g/mol. The van der Waals surface area contributed by atoms with Gasteiger partial charge < -0.3 is 25.2 Å². The van der Waals surface area contributed by atoms with E-state index in [0.29, 0.717) is 0 Å². The van der Waals surface area contributed by atoms with Crippen LogP contribution in [0.3, 0.4) is 0 Å². The molecule has 0 bridgehead atoms. The summed E-state index contributed by atoms with van der Waals surface area (Å²) in [6.07, 6.45) is 0.132. The Morgan fingerprint density at radius 2 is 1.89 bits per heavy atom. The molecule has 0 radical (unpaired) electrons. The topological polar surface area (TPSA) is 114 Å². The first-order valence-electron chi connectivity index (χ1n) is 5.87. The second-order valence-corrected chi connectivity index (χ2v) is 3.76. The van der Waals surface area contributed by atoms with E-state index in [9.17, 15) is 14.4 Å². The van der Waals surface area contributed by atoms with E-state index in [-0.39, 0.29) is 19.6 Å². The third kappa shape index (κ3) is 7.24. The molecule has 8 nitrogen and oxygen atoms in total. The molecule has 2 atom stereocenters. The molecular formula is C11H20N2O6. The highest BCUT2D eigenvalue weighted by molar-refractivity contribution is 5.86. The lowest BCUT2D eigenvalue weighted by molar-refractivity contribution is -0.144. The van der Waals surface area contributed by atoms with Gasteiger partial charge in [-0.25, -0.2) is 14.4 Å². The predicted octanol–water partition coefficient (Wildman–Crippen LogP) is -0.273. The van der Waals surface area contributed by atoms with Crippen molar-refractivity contribution in [2.75, 3.05) is 20.3 Å². The summed E-state index contributed by atoms with van der Waals surface area (Å²) >= 11 is 0. The first kappa shape index (κ1) is 17.2. The second-order valence-electron chi connectivity index (χ2n) is 3.76. The van der Waals surface area contributed by atoms with Gasteiger partial charge in [-0.2, -0.15) is 0 Å². The number of carboxylic acids is 1. The van der Waals surface area contributed by atoms with Gasteiger partial charge in [0.15, 0.2) is 0 Å². The number of urea groups is 1. The molecular weight excluding hydrogens is 256 g/mol. The number of carbonyl (C=O) groups excluding carboxylic acids is 2. The molecule has 110 valence electrons. The number of ether oxygens (including phenoxy) is 2. The van der Waals surface area contributed by atoms with Crippen molar-refractivity contribution in [2.24, 2.45) is 0 Å². The molecule has 0 aliphatic heterocycles. The number of aliphatic carboxylic acids is 1. The molecule has 2 unspecified atom stereocenters. The van der Waals surface area contributed by atoms with Gasteiger partial charge in [-0.15, -0.1) is 0 Å². The van der Waals surface area contributed by atoms with E-state index >= 15 is 0 Å². The number of esters is 1. The maximum Gasteiger partial charge on any atom is 0.328 e. The Morgan fingerprint density at radius 1 is 1.26 bits per heavy atom. The average molecular weight is 276 g/mol. The van der Waals surface area contributed by atoms with Gasteiger partial charge in [-0.05, 0) is 13.8 Å². The molecule has 0 saturated heterocycles. The summed E-state index contributed by atoms with van der Waals surface area (Å²) < 4.78 is 9.45. The number of methoxy groups -OCH3 is 1. The van der Waals surface area contributed by atoms with Gasteiger partial charge >= 0.3 is 18.0 Å². The third-order valence-corrected chi connectivity index (χ3v) is 2.20. The zero-order valence-electron chi connectivity index (χ0n) is 11.3. The van der Waals surface area contributed by atoms with Gasteiger partial charge in [0.2, 0.25) is 0 Å². The zero-order valence-corrected chi connectivity index (χ0v) is 11.3. The number of hydrogen-bond acceptors (Lipinski definition) is 5. The van der Waals surface area contributed by atoms with Crippen molar-refractivity contribution in [1.29, 1.82) is 0 Å². The summed E-state index contributed by atoms with van der Waals surface area (Å²) in [6.45, 7) is 3.50. The average Bonchev–Trinajstić information content (AvgIpc) is 2.34. The molecule has 0 rings (SSSR count). The fourth-order valence-electron chi connectivity index (χ4n) is 1.22. The summed E-state index contributed by atoms with van der Waals surface area (Å²) in [5.41, 5.74) is 0. The van der Waals surface area contributed by atoms with Crippen LogP contribution in [0.15, 0.2) is 0 Å². The molecule has 0 aromatic rings. The molecule has 0 fully saturated rings. The van der Waals surface area contributed by atoms with Crippen LogP contribution in [0.25, 0.3) is 0 Å². The van der Waals surface area contributed by atoms with E-state index in [0.717, 1.165) is 0 Å². The van der Waals surface area contributed by atoms with Crippen LogP contribution < -0.4 is 10.6 Å². The molecule has 0 heterocycles. The van der Waals surface area contributed by atoms with Crippen LogP contribution in [0.2, 0.25) is 0 Å². The Hall–Kier alpha value is -1.83. The molecule has 8 heteroatoms. The summed E-state index contributed by atoms with van der Waals surface area (Å²) in [7, 11) is 1.43. The largest absolute Gasteiger partial charge is 0.480 e. The summed E-state index contributed by atoms with van der Waals surface area (Å²) in [5, 5.41) is 13.4. The number of carboxylic acid groups (broad SMARTS) is 1. The van der Waals surface area contributed by atoms with Gasteiger partial charge in [0.05, 0.1) is 6.61 Å². The van der Waals surface area contributed by atoms with E-state index < -0.39 is 30.1 Å². The highest BCUT2D eigenvalue weighted by Crippen LogP contribution is 1.94. The minimum absolute atomic E-state index is 0.132. The molecule has 0 aliphatic rings. The second kappa shape index (κ2) is 9.15. The number of hydrogen-bond donors (Lipinski definition) is 3. The lowest BCUT2D eigenvalue weighted by Crippen LogP contribution is -2.50. The van der Waals surface area contributed by atoms with Crippen LogP contribution in [-0.2, 0) is 19.1 Å². The molecule has 0 saturated carbocycles. The zero-order chi connectivity index (χ0) is 14.8. The Labute approximate surface area is 111 Å². The fourth-order valence-corrected chi connectivity index (χ4v) is 1.22. The van der Waals surface area contributed by atoms with Crippen molar-refractivity contribution < 1.29 is 29.0 Å². The van der Waals surface area contributed by atoms with Crippen molar-refractivity contribution in [3.05, 3.63) is 0 Å². The minimum Gasteiger partial charge on any atom is -0.480 e. The van der Waals surface area contributed by atoms with Crippen molar-refractivity contribution >= 4 is 18.0 Å². The predicted molar refractivity (Wildman–Crippen MR) is 65.7 cm³/mol. The van der Waals surface area contributed by atoms with Gasteiger partial charge in [-0.1, -0.05) is 0 Å². The maximum absolute atomic E-state index is 11.5. The van der Waals surface area contributed by atoms with Crippen molar-refractivity contribution in [2.45, 2.75) is 32.4 Å².